The molecular formula is C28H25BO7. The molecule has 0 amide bonds. The number of benzene rings is 3. The Hall–Kier alpha value is -4.04. The first-order chi connectivity index (χ1) is 17.4. The Morgan fingerprint density at radius 1 is 0.806 bits per heavy atom. The fourth-order valence-electron chi connectivity index (χ4n) is 4.08. The predicted molar refractivity (Wildman–Crippen MR) is 134 cm³/mol. The second kappa shape index (κ2) is 11.1. The third-order valence-corrected chi connectivity index (χ3v) is 6.02. The average molecular weight is 484 g/mol. The summed E-state index contributed by atoms with van der Waals surface area (Å²) in [5.74, 6) is -0.893. The van der Waals surface area contributed by atoms with Crippen LogP contribution in [0.2, 0.25) is 0 Å². The Labute approximate surface area is 210 Å². The molecule has 0 aliphatic carbocycles. The second-order valence-corrected chi connectivity index (χ2v) is 8.44. The fraction of sp³-hybridized carbons (Fsp3) is 0.214. The van der Waals surface area contributed by atoms with Gasteiger partial charge in [-0.15, -0.1) is 0 Å². The Kier molecular flexibility index (Phi) is 7.76. The Morgan fingerprint density at radius 2 is 1.28 bits per heavy atom. The van der Waals surface area contributed by atoms with E-state index in [4.69, 9.17) is 18.9 Å². The molecule has 0 spiro atoms. The Balaban J connectivity index is 1.57. The van der Waals surface area contributed by atoms with Crippen molar-refractivity contribution in [2.24, 2.45) is 5.92 Å². The molecule has 182 valence electrons. The van der Waals surface area contributed by atoms with Crippen LogP contribution in [-0.4, -0.2) is 56.0 Å². The van der Waals surface area contributed by atoms with Gasteiger partial charge >= 0.3 is 210 Å². The molecule has 4 rings (SSSR count). The van der Waals surface area contributed by atoms with Crippen molar-refractivity contribution in [1.29, 1.82) is 0 Å². The molecule has 0 radical (unpaired) electrons. The van der Waals surface area contributed by atoms with Crippen molar-refractivity contribution in [3.8, 4) is 0 Å². The molecule has 4 atom stereocenters. The summed E-state index contributed by atoms with van der Waals surface area (Å²) in [4.78, 5) is 38.3. The van der Waals surface area contributed by atoms with Gasteiger partial charge in [-0.2, -0.15) is 0 Å². The Morgan fingerprint density at radius 3 is 1.78 bits per heavy atom. The van der Waals surface area contributed by atoms with E-state index in [0.29, 0.717) is 16.7 Å². The van der Waals surface area contributed by atoms with Gasteiger partial charge in [0.15, 0.2) is 0 Å². The molecule has 7 nitrogen and oxygen atoms in total. The molecule has 1 fully saturated rings. The number of ether oxygens (including phenoxy) is 4. The van der Waals surface area contributed by atoms with Crippen LogP contribution in [0, 0.1) is 5.92 Å². The van der Waals surface area contributed by atoms with Crippen molar-refractivity contribution in [2.45, 2.75) is 24.9 Å². The van der Waals surface area contributed by atoms with Gasteiger partial charge in [0.05, 0.1) is 0 Å². The van der Waals surface area contributed by atoms with Crippen molar-refractivity contribution in [2.75, 3.05) is 6.61 Å². The summed E-state index contributed by atoms with van der Waals surface area (Å²) in [6, 6.07) is 25.4. The van der Waals surface area contributed by atoms with E-state index in [1.165, 1.54) is 0 Å². The summed E-state index contributed by atoms with van der Waals surface area (Å²) < 4.78 is 23.1. The standard InChI is InChI=1S/C28H25BO7/c1-28(36-26(32)21-15-9-4-10-16-21)22(17-29)23(18-33-24(30)19-11-5-2-6-12-19)34-27(28)35-25(31)20-13-7-3-8-14-20/h2-17,22-23,27,29H,18H2,1H3/t22-,23-,27+,28-/m1/s1. The number of esters is 3. The summed E-state index contributed by atoms with van der Waals surface area (Å²) in [5, 5.41) is 0. The maximum atomic E-state index is 13.0. The molecule has 8 heteroatoms. The zero-order valence-electron chi connectivity index (χ0n) is 19.7. The minimum atomic E-state index is -1.44. The number of carbonyl (C=O) groups is 3. The normalized spacial score (nSPS) is 22.8. The molecule has 3 aromatic rings. The summed E-state index contributed by atoms with van der Waals surface area (Å²) in [6.45, 7) is 1.45. The van der Waals surface area contributed by atoms with Gasteiger partial charge in [0, 0.05) is 0 Å². The maximum absolute atomic E-state index is 13.0. The Bertz CT molecular complexity index is 1220. The van der Waals surface area contributed by atoms with Gasteiger partial charge in [-0.3, -0.25) is 0 Å². The van der Waals surface area contributed by atoms with Crippen LogP contribution < -0.4 is 0 Å². The van der Waals surface area contributed by atoms with Crippen LogP contribution in [0.1, 0.15) is 38.0 Å². The molecule has 0 N–H and O–H groups in total. The molecule has 1 aliphatic heterocycles. The van der Waals surface area contributed by atoms with Crippen LogP contribution in [0.5, 0.6) is 0 Å². The number of rotatable bonds is 8. The van der Waals surface area contributed by atoms with Gasteiger partial charge in [-0.25, -0.2) is 0 Å². The summed E-state index contributed by atoms with van der Waals surface area (Å²) >= 11 is 0. The number of carbonyl (C=O) groups excluding carboxylic acids is 3. The van der Waals surface area contributed by atoms with Crippen LogP contribution >= 0.6 is 0 Å². The van der Waals surface area contributed by atoms with E-state index >= 15 is 0 Å². The van der Waals surface area contributed by atoms with E-state index in [2.05, 4.69) is 7.49 Å². The van der Waals surface area contributed by atoms with Gasteiger partial charge in [0.2, 0.25) is 0 Å². The summed E-state index contributed by atoms with van der Waals surface area (Å²) in [7, 11) is 3.87. The van der Waals surface area contributed by atoms with Gasteiger partial charge in [-0.05, 0) is 0 Å². The van der Waals surface area contributed by atoms with Crippen molar-refractivity contribution in [3.63, 3.8) is 0 Å². The van der Waals surface area contributed by atoms with Crippen LogP contribution in [0.25, 0.3) is 0 Å². The molecular weight excluding hydrogens is 459 g/mol. The quantitative estimate of drug-likeness (QED) is 0.275. The van der Waals surface area contributed by atoms with E-state index in [-0.39, 0.29) is 6.61 Å². The van der Waals surface area contributed by atoms with Gasteiger partial charge in [-0.1, -0.05) is 0 Å². The first kappa shape index (κ1) is 25.1. The van der Waals surface area contributed by atoms with Crippen molar-refractivity contribution in [1.82, 2.24) is 0 Å². The first-order valence-electron chi connectivity index (χ1n) is 11.5. The molecule has 0 saturated carbocycles. The number of hydrogen-bond donors (Lipinski definition) is 0. The van der Waals surface area contributed by atoms with E-state index in [1.807, 2.05) is 0 Å². The molecule has 36 heavy (non-hydrogen) atoms. The van der Waals surface area contributed by atoms with E-state index < -0.39 is 41.8 Å². The van der Waals surface area contributed by atoms with Gasteiger partial charge in [0.25, 0.3) is 0 Å². The van der Waals surface area contributed by atoms with Gasteiger partial charge < -0.3 is 0 Å². The summed E-state index contributed by atoms with van der Waals surface area (Å²) in [6.07, 6.45) is -2.06. The van der Waals surface area contributed by atoms with E-state index in [0.717, 1.165) is 0 Å². The predicted octanol–water partition coefficient (Wildman–Crippen LogP) is 3.36. The van der Waals surface area contributed by atoms with Crippen LogP contribution in [-0.2, 0) is 18.9 Å². The van der Waals surface area contributed by atoms with E-state index in [1.54, 1.807) is 104 Å². The molecule has 1 aliphatic rings. The zero-order chi connectivity index (χ0) is 25.5. The second-order valence-electron chi connectivity index (χ2n) is 8.44. The van der Waals surface area contributed by atoms with Crippen LogP contribution in [0.4, 0.5) is 0 Å². The van der Waals surface area contributed by atoms with Crippen LogP contribution in [0.3, 0.4) is 0 Å². The van der Waals surface area contributed by atoms with Crippen molar-refractivity contribution in [3.05, 3.63) is 108 Å². The van der Waals surface area contributed by atoms with Gasteiger partial charge in [0.1, 0.15) is 0 Å². The minimum absolute atomic E-state index is 0.164. The topological polar surface area (TPSA) is 88.1 Å². The average Bonchev–Trinajstić information content (AvgIpc) is 3.18. The zero-order valence-corrected chi connectivity index (χ0v) is 19.7. The van der Waals surface area contributed by atoms with Crippen LogP contribution in [0.15, 0.2) is 91.0 Å². The summed E-state index contributed by atoms with van der Waals surface area (Å²) in [5.41, 5.74) is -0.417. The van der Waals surface area contributed by atoms with Crippen molar-refractivity contribution >= 4 is 31.4 Å². The molecule has 3 aromatic carbocycles. The third-order valence-electron chi connectivity index (χ3n) is 6.02. The molecule has 1 saturated heterocycles. The number of hydrogen-bond acceptors (Lipinski definition) is 7. The first-order valence-corrected chi connectivity index (χ1v) is 11.5. The van der Waals surface area contributed by atoms with Crippen molar-refractivity contribution < 1.29 is 33.3 Å². The van der Waals surface area contributed by atoms with E-state index in [9.17, 15) is 14.4 Å². The third kappa shape index (κ3) is 5.44. The molecule has 0 aromatic heterocycles. The monoisotopic (exact) mass is 484 g/mol. The molecule has 1 heterocycles. The molecule has 0 unspecified atom stereocenters. The fourth-order valence-corrected chi connectivity index (χ4v) is 4.08. The SMILES string of the molecule is B=C[C@@H]1[C@@H](COC(=O)c2ccccc2)O[C@@H](OC(=O)c2ccccc2)[C@]1(C)OC(=O)c1ccccc1. The molecule has 0 bridgehead atoms.